The van der Waals surface area contributed by atoms with Gasteiger partial charge in [0, 0.05) is 6.42 Å². The second-order valence-corrected chi connectivity index (χ2v) is 4.59. The molecule has 1 unspecified atom stereocenters. The van der Waals surface area contributed by atoms with Crippen molar-refractivity contribution in [1.82, 2.24) is 5.32 Å². The molecule has 92 valence electrons. The largest absolute Gasteiger partial charge is 0.449 e. The van der Waals surface area contributed by atoms with Crippen molar-refractivity contribution >= 4 is 6.09 Å². The van der Waals surface area contributed by atoms with Crippen LogP contribution in [0.15, 0.2) is 12.2 Å². The molecule has 1 amide bonds. The van der Waals surface area contributed by atoms with Crippen LogP contribution in [0.1, 0.15) is 46.0 Å². The van der Waals surface area contributed by atoms with E-state index >= 15 is 0 Å². The SMILES string of the molecule is C=C(C1CCOC(=O)N1)[C@@H](C)CCCCC. The molecule has 0 aliphatic carbocycles. The summed E-state index contributed by atoms with van der Waals surface area (Å²) in [4.78, 5) is 11.1. The van der Waals surface area contributed by atoms with Crippen LogP contribution in [-0.4, -0.2) is 18.7 Å². The fourth-order valence-electron chi connectivity index (χ4n) is 2.03. The number of amides is 1. The van der Waals surface area contributed by atoms with Crippen molar-refractivity contribution in [3.63, 3.8) is 0 Å². The van der Waals surface area contributed by atoms with Gasteiger partial charge in [-0.1, -0.05) is 45.3 Å². The van der Waals surface area contributed by atoms with Crippen LogP contribution in [0.25, 0.3) is 0 Å². The molecule has 3 heteroatoms. The number of carbonyl (C=O) groups is 1. The van der Waals surface area contributed by atoms with Gasteiger partial charge in [0.15, 0.2) is 0 Å². The molecule has 1 saturated heterocycles. The molecule has 3 nitrogen and oxygen atoms in total. The average Bonchev–Trinajstić information content (AvgIpc) is 2.28. The molecule has 1 heterocycles. The van der Waals surface area contributed by atoms with Gasteiger partial charge in [-0.3, -0.25) is 0 Å². The molecule has 0 saturated carbocycles. The summed E-state index contributed by atoms with van der Waals surface area (Å²) >= 11 is 0. The zero-order valence-electron chi connectivity index (χ0n) is 10.4. The van der Waals surface area contributed by atoms with E-state index in [1.165, 1.54) is 25.7 Å². The van der Waals surface area contributed by atoms with Crippen molar-refractivity contribution < 1.29 is 9.53 Å². The Kier molecular flexibility index (Phi) is 5.36. The highest BCUT2D eigenvalue weighted by Crippen LogP contribution is 2.22. The first kappa shape index (κ1) is 13.1. The van der Waals surface area contributed by atoms with Crippen molar-refractivity contribution in [3.8, 4) is 0 Å². The van der Waals surface area contributed by atoms with Gasteiger partial charge in [-0.2, -0.15) is 0 Å². The Bertz CT molecular complexity index is 250. The minimum Gasteiger partial charge on any atom is -0.449 e. The van der Waals surface area contributed by atoms with Crippen molar-refractivity contribution in [3.05, 3.63) is 12.2 Å². The van der Waals surface area contributed by atoms with Gasteiger partial charge in [-0.05, 0) is 12.3 Å². The van der Waals surface area contributed by atoms with Crippen molar-refractivity contribution in [2.75, 3.05) is 6.61 Å². The maximum absolute atomic E-state index is 11.1. The van der Waals surface area contributed by atoms with Gasteiger partial charge in [0.05, 0.1) is 12.6 Å². The summed E-state index contributed by atoms with van der Waals surface area (Å²) in [6, 6.07) is 0.109. The Morgan fingerprint density at radius 1 is 1.62 bits per heavy atom. The summed E-state index contributed by atoms with van der Waals surface area (Å²) in [6.45, 7) is 9.03. The molecule has 1 fully saturated rings. The maximum Gasteiger partial charge on any atom is 0.407 e. The molecule has 1 N–H and O–H groups in total. The molecule has 0 aromatic carbocycles. The van der Waals surface area contributed by atoms with Gasteiger partial charge in [0.25, 0.3) is 0 Å². The first-order valence-corrected chi connectivity index (χ1v) is 6.27. The number of hydrogen-bond donors (Lipinski definition) is 1. The van der Waals surface area contributed by atoms with Crippen LogP contribution in [0.5, 0.6) is 0 Å². The number of alkyl carbamates (subject to hydrolysis) is 1. The molecule has 1 rings (SSSR count). The molecule has 0 spiro atoms. The molecule has 1 aliphatic rings. The first-order chi connectivity index (χ1) is 7.65. The van der Waals surface area contributed by atoms with Crippen LogP contribution in [0.2, 0.25) is 0 Å². The van der Waals surface area contributed by atoms with Crippen LogP contribution in [-0.2, 0) is 4.74 Å². The second kappa shape index (κ2) is 6.56. The predicted octanol–water partition coefficient (Wildman–Crippen LogP) is 3.26. The van der Waals surface area contributed by atoms with Crippen molar-refractivity contribution in [2.24, 2.45) is 5.92 Å². The zero-order valence-corrected chi connectivity index (χ0v) is 10.4. The fraction of sp³-hybridized carbons (Fsp3) is 0.769. The molecular weight excluding hydrogens is 202 g/mol. The van der Waals surface area contributed by atoms with Gasteiger partial charge < -0.3 is 10.1 Å². The van der Waals surface area contributed by atoms with Crippen LogP contribution in [0.4, 0.5) is 4.79 Å². The average molecular weight is 225 g/mol. The minimum atomic E-state index is -0.307. The Labute approximate surface area is 98.2 Å². The Morgan fingerprint density at radius 2 is 2.38 bits per heavy atom. The third-order valence-corrected chi connectivity index (χ3v) is 3.25. The lowest BCUT2D eigenvalue weighted by Gasteiger charge is -2.28. The van der Waals surface area contributed by atoms with E-state index in [4.69, 9.17) is 4.74 Å². The highest BCUT2D eigenvalue weighted by molar-refractivity contribution is 5.68. The molecule has 2 atom stereocenters. The van der Waals surface area contributed by atoms with Crippen molar-refractivity contribution in [1.29, 1.82) is 0 Å². The fourth-order valence-corrected chi connectivity index (χ4v) is 2.03. The summed E-state index contributed by atoms with van der Waals surface area (Å²) in [5.41, 5.74) is 1.15. The Balaban J connectivity index is 2.34. The smallest absolute Gasteiger partial charge is 0.407 e. The van der Waals surface area contributed by atoms with Gasteiger partial charge >= 0.3 is 6.09 Å². The van der Waals surface area contributed by atoms with Gasteiger partial charge in [-0.15, -0.1) is 0 Å². The number of cyclic esters (lactones) is 1. The summed E-state index contributed by atoms with van der Waals surface area (Å²) in [6.07, 6.45) is 5.47. The second-order valence-electron chi connectivity index (χ2n) is 4.59. The summed E-state index contributed by atoms with van der Waals surface area (Å²) < 4.78 is 4.85. The number of unbranched alkanes of at least 4 members (excludes halogenated alkanes) is 2. The number of ether oxygens (including phenoxy) is 1. The number of rotatable bonds is 6. The van der Waals surface area contributed by atoms with Crippen LogP contribution in [0, 0.1) is 5.92 Å². The highest BCUT2D eigenvalue weighted by atomic mass is 16.5. The molecule has 0 bridgehead atoms. The zero-order chi connectivity index (χ0) is 12.0. The van der Waals surface area contributed by atoms with E-state index in [1.54, 1.807) is 0 Å². The molecule has 0 aromatic rings. The van der Waals surface area contributed by atoms with E-state index in [1.807, 2.05) is 0 Å². The molecule has 0 aromatic heterocycles. The van der Waals surface area contributed by atoms with E-state index in [0.717, 1.165) is 12.0 Å². The monoisotopic (exact) mass is 225 g/mol. The summed E-state index contributed by atoms with van der Waals surface area (Å²) in [7, 11) is 0. The first-order valence-electron chi connectivity index (χ1n) is 6.27. The normalized spacial score (nSPS) is 22.1. The van der Waals surface area contributed by atoms with Gasteiger partial charge in [0.1, 0.15) is 0 Å². The number of carbonyl (C=O) groups excluding carboxylic acids is 1. The minimum absolute atomic E-state index is 0.109. The molecular formula is C13H23NO2. The number of nitrogens with one attached hydrogen (secondary N) is 1. The van der Waals surface area contributed by atoms with E-state index in [0.29, 0.717) is 12.5 Å². The lowest BCUT2D eigenvalue weighted by molar-refractivity contribution is 0.119. The third-order valence-electron chi connectivity index (χ3n) is 3.25. The van der Waals surface area contributed by atoms with Gasteiger partial charge in [0.2, 0.25) is 0 Å². The lowest BCUT2D eigenvalue weighted by atomic mass is 9.89. The third kappa shape index (κ3) is 3.87. The quantitative estimate of drug-likeness (QED) is 0.556. The topological polar surface area (TPSA) is 38.3 Å². The van der Waals surface area contributed by atoms with Crippen LogP contribution in [0.3, 0.4) is 0 Å². The highest BCUT2D eigenvalue weighted by Gasteiger charge is 2.24. The van der Waals surface area contributed by atoms with Crippen LogP contribution < -0.4 is 5.32 Å². The molecule has 1 aliphatic heterocycles. The van der Waals surface area contributed by atoms with E-state index in [-0.39, 0.29) is 12.1 Å². The van der Waals surface area contributed by atoms with Crippen molar-refractivity contribution in [2.45, 2.75) is 52.0 Å². The Hall–Kier alpha value is -0.990. The predicted molar refractivity (Wildman–Crippen MR) is 65.3 cm³/mol. The molecule has 0 radical (unpaired) electrons. The lowest BCUT2D eigenvalue weighted by Crippen LogP contribution is -2.43. The van der Waals surface area contributed by atoms with Crippen LogP contribution >= 0.6 is 0 Å². The Morgan fingerprint density at radius 3 is 3.00 bits per heavy atom. The maximum atomic E-state index is 11.1. The summed E-state index contributed by atoms with van der Waals surface area (Å²) in [5.74, 6) is 0.481. The standard InChI is InChI=1S/C13H23NO2/c1-4-5-6-7-10(2)11(3)12-8-9-16-13(15)14-12/h10,12H,3-9H2,1-2H3,(H,14,15)/t10-,12?/m0/s1. The molecule has 16 heavy (non-hydrogen) atoms. The van der Waals surface area contributed by atoms with E-state index < -0.39 is 0 Å². The summed E-state index contributed by atoms with van der Waals surface area (Å²) in [5, 5.41) is 2.83. The van der Waals surface area contributed by atoms with E-state index in [9.17, 15) is 4.79 Å². The van der Waals surface area contributed by atoms with E-state index in [2.05, 4.69) is 25.7 Å². The number of hydrogen-bond acceptors (Lipinski definition) is 2. The van der Waals surface area contributed by atoms with Gasteiger partial charge in [-0.25, -0.2) is 4.79 Å².